The molecule has 1 aromatic carbocycles. The van der Waals surface area contributed by atoms with Crippen LogP contribution in [0.3, 0.4) is 0 Å². The van der Waals surface area contributed by atoms with Crippen LogP contribution in [-0.2, 0) is 27.7 Å². The summed E-state index contributed by atoms with van der Waals surface area (Å²) in [5.74, 6) is 0.902. The van der Waals surface area contributed by atoms with E-state index in [-0.39, 0.29) is 10.8 Å². The maximum atomic E-state index is 12.2. The van der Waals surface area contributed by atoms with Gasteiger partial charge in [-0.25, -0.2) is 18.5 Å². The molecule has 24 heavy (non-hydrogen) atoms. The summed E-state index contributed by atoms with van der Waals surface area (Å²) in [6.45, 7) is 0. The van der Waals surface area contributed by atoms with Gasteiger partial charge in [0.1, 0.15) is 5.76 Å². The Morgan fingerprint density at radius 2 is 2.04 bits per heavy atom. The molecule has 1 aromatic heterocycles. The summed E-state index contributed by atoms with van der Waals surface area (Å²) in [4.78, 5) is 16.6. The van der Waals surface area contributed by atoms with Crippen molar-refractivity contribution < 1.29 is 17.6 Å². The molecule has 0 saturated heterocycles. The van der Waals surface area contributed by atoms with E-state index in [0.29, 0.717) is 22.7 Å². The Balaban J connectivity index is 1.79. The highest BCUT2D eigenvalue weighted by atomic mass is 32.2. The number of nitrogens with two attached hydrogens (primary N) is 1. The average molecular weight is 345 g/mol. The first kappa shape index (κ1) is 15.1. The molecule has 0 fully saturated rings. The molecular weight excluding hydrogens is 330 g/mol. The van der Waals surface area contributed by atoms with Crippen LogP contribution in [0.25, 0.3) is 11.6 Å². The van der Waals surface area contributed by atoms with Gasteiger partial charge in [-0.1, -0.05) is 0 Å². The Kier molecular flexibility index (Phi) is 3.33. The van der Waals surface area contributed by atoms with E-state index in [1.54, 1.807) is 6.08 Å². The average Bonchev–Trinajstić information content (AvgIpc) is 3.07. The van der Waals surface area contributed by atoms with Crippen LogP contribution in [0.5, 0.6) is 0 Å². The van der Waals surface area contributed by atoms with Crippen LogP contribution in [0.15, 0.2) is 27.5 Å². The fourth-order valence-corrected chi connectivity index (χ4v) is 3.58. The molecule has 0 spiro atoms. The minimum Gasteiger partial charge on any atom is -0.441 e. The van der Waals surface area contributed by atoms with Gasteiger partial charge in [0.15, 0.2) is 0 Å². The highest BCUT2D eigenvalue weighted by Gasteiger charge is 2.27. The SMILES string of the molecule is NS(=O)(=O)c1ccc2c(c1)C(=Cc1nc3c(o1)CCCC3)C(=O)N2. The lowest BCUT2D eigenvalue weighted by molar-refractivity contribution is -0.110. The second-order valence-electron chi connectivity index (χ2n) is 5.89. The normalized spacial score (nSPS) is 18.4. The van der Waals surface area contributed by atoms with Crippen molar-refractivity contribution in [3.8, 4) is 0 Å². The van der Waals surface area contributed by atoms with Crippen LogP contribution in [0, 0.1) is 0 Å². The Bertz CT molecular complexity index is 965. The number of hydrogen-bond donors (Lipinski definition) is 2. The number of nitrogens with one attached hydrogen (secondary N) is 1. The van der Waals surface area contributed by atoms with Gasteiger partial charge >= 0.3 is 0 Å². The molecule has 7 nitrogen and oxygen atoms in total. The molecular formula is C16H15N3O4S. The molecule has 2 aliphatic rings. The Morgan fingerprint density at radius 3 is 2.79 bits per heavy atom. The molecule has 8 heteroatoms. The second kappa shape index (κ2) is 5.29. The molecule has 0 bridgehead atoms. The number of carbonyl (C=O) groups excluding carboxylic acids is 1. The first-order chi connectivity index (χ1) is 11.4. The van der Waals surface area contributed by atoms with Crippen molar-refractivity contribution in [3.63, 3.8) is 0 Å². The number of carbonyl (C=O) groups is 1. The van der Waals surface area contributed by atoms with Crippen molar-refractivity contribution in [2.75, 3.05) is 5.32 Å². The monoisotopic (exact) mass is 345 g/mol. The lowest BCUT2D eigenvalue weighted by Gasteiger charge is -2.05. The van der Waals surface area contributed by atoms with Crippen molar-refractivity contribution in [2.24, 2.45) is 5.14 Å². The number of primary sulfonamides is 1. The molecule has 0 atom stereocenters. The maximum Gasteiger partial charge on any atom is 0.256 e. The number of rotatable bonds is 2. The lowest BCUT2D eigenvalue weighted by atomic mass is 10.0. The third-order valence-electron chi connectivity index (χ3n) is 4.23. The van der Waals surface area contributed by atoms with E-state index in [9.17, 15) is 13.2 Å². The van der Waals surface area contributed by atoms with E-state index in [0.717, 1.165) is 37.1 Å². The van der Waals surface area contributed by atoms with Crippen molar-refractivity contribution in [1.82, 2.24) is 4.98 Å². The predicted octanol–water partition coefficient (Wildman–Crippen LogP) is 1.69. The summed E-state index contributed by atoms with van der Waals surface area (Å²) < 4.78 is 28.8. The molecule has 0 saturated carbocycles. The third kappa shape index (κ3) is 2.53. The minimum atomic E-state index is -3.85. The first-order valence-corrected chi connectivity index (χ1v) is 9.15. The number of hydrogen-bond acceptors (Lipinski definition) is 5. The summed E-state index contributed by atoms with van der Waals surface area (Å²) in [7, 11) is -3.85. The van der Waals surface area contributed by atoms with E-state index in [1.807, 2.05) is 0 Å². The fourth-order valence-electron chi connectivity index (χ4n) is 3.04. The summed E-state index contributed by atoms with van der Waals surface area (Å²) in [6.07, 6.45) is 5.42. The maximum absolute atomic E-state index is 12.2. The number of amides is 1. The number of sulfonamides is 1. The standard InChI is InChI=1S/C16H15N3O4S/c17-24(21,22)9-5-6-12-10(7-9)11(16(20)19-12)8-15-18-13-3-1-2-4-14(13)23-15/h5-8H,1-4H2,(H,19,20)(H2,17,21,22). The second-order valence-corrected chi connectivity index (χ2v) is 7.46. The number of nitrogens with zero attached hydrogens (tertiary/aromatic N) is 1. The van der Waals surface area contributed by atoms with Gasteiger partial charge in [-0.15, -0.1) is 0 Å². The molecule has 2 heterocycles. The van der Waals surface area contributed by atoms with Crippen molar-refractivity contribution in [2.45, 2.75) is 30.6 Å². The van der Waals surface area contributed by atoms with Crippen LogP contribution in [0.4, 0.5) is 5.69 Å². The van der Waals surface area contributed by atoms with Crippen molar-refractivity contribution >= 4 is 33.3 Å². The number of anilines is 1. The molecule has 2 aromatic rings. The quantitative estimate of drug-likeness (QED) is 0.804. The van der Waals surface area contributed by atoms with Gasteiger partial charge < -0.3 is 9.73 Å². The minimum absolute atomic E-state index is 0.0460. The summed E-state index contributed by atoms with van der Waals surface area (Å²) in [5, 5.41) is 7.86. The predicted molar refractivity (Wildman–Crippen MR) is 87.5 cm³/mol. The Morgan fingerprint density at radius 1 is 1.25 bits per heavy atom. The first-order valence-electron chi connectivity index (χ1n) is 7.61. The van der Waals surface area contributed by atoms with Gasteiger partial charge in [0, 0.05) is 23.7 Å². The summed E-state index contributed by atoms with van der Waals surface area (Å²) in [6, 6.07) is 4.27. The molecule has 1 aliphatic carbocycles. The topological polar surface area (TPSA) is 115 Å². The van der Waals surface area contributed by atoms with E-state index >= 15 is 0 Å². The zero-order chi connectivity index (χ0) is 16.9. The zero-order valence-electron chi connectivity index (χ0n) is 12.7. The number of oxazole rings is 1. The van der Waals surface area contributed by atoms with Crippen LogP contribution < -0.4 is 10.5 Å². The van der Waals surface area contributed by atoms with E-state index in [1.165, 1.54) is 18.2 Å². The third-order valence-corrected chi connectivity index (χ3v) is 5.14. The van der Waals surface area contributed by atoms with Gasteiger partial charge in [0.2, 0.25) is 15.9 Å². The smallest absolute Gasteiger partial charge is 0.256 e. The molecule has 124 valence electrons. The molecule has 3 N–H and O–H groups in total. The largest absolute Gasteiger partial charge is 0.441 e. The highest BCUT2D eigenvalue weighted by Crippen LogP contribution is 2.35. The van der Waals surface area contributed by atoms with E-state index in [4.69, 9.17) is 9.56 Å². The number of aryl methyl sites for hydroxylation is 2. The van der Waals surface area contributed by atoms with Crippen LogP contribution in [0.2, 0.25) is 0 Å². The molecule has 0 radical (unpaired) electrons. The van der Waals surface area contributed by atoms with Gasteiger partial charge in [0.05, 0.1) is 16.2 Å². The van der Waals surface area contributed by atoms with Crippen molar-refractivity contribution in [1.29, 1.82) is 0 Å². The lowest BCUT2D eigenvalue weighted by Crippen LogP contribution is -2.12. The van der Waals surface area contributed by atoms with Crippen LogP contribution in [0.1, 0.15) is 35.7 Å². The molecule has 1 amide bonds. The number of fused-ring (bicyclic) bond motifs is 2. The summed E-state index contributed by atoms with van der Waals surface area (Å²) >= 11 is 0. The van der Waals surface area contributed by atoms with Gasteiger partial charge in [0.25, 0.3) is 5.91 Å². The van der Waals surface area contributed by atoms with Crippen molar-refractivity contribution in [3.05, 3.63) is 41.1 Å². The molecule has 1 aliphatic heterocycles. The summed E-state index contributed by atoms with van der Waals surface area (Å²) in [5.41, 5.74) is 2.26. The fraction of sp³-hybridized carbons (Fsp3) is 0.250. The Hall–Kier alpha value is -2.45. The van der Waals surface area contributed by atoms with E-state index in [2.05, 4.69) is 10.3 Å². The van der Waals surface area contributed by atoms with Gasteiger partial charge in [-0.3, -0.25) is 4.79 Å². The van der Waals surface area contributed by atoms with E-state index < -0.39 is 10.0 Å². The van der Waals surface area contributed by atoms with Gasteiger partial charge in [-0.2, -0.15) is 0 Å². The molecule has 4 rings (SSSR count). The van der Waals surface area contributed by atoms with Crippen LogP contribution in [-0.4, -0.2) is 19.3 Å². The van der Waals surface area contributed by atoms with Crippen LogP contribution >= 0.6 is 0 Å². The highest BCUT2D eigenvalue weighted by molar-refractivity contribution is 7.89. The number of benzene rings is 1. The molecule has 0 unspecified atom stereocenters. The van der Waals surface area contributed by atoms with Gasteiger partial charge in [-0.05, 0) is 37.5 Å². The Labute approximate surface area is 138 Å². The zero-order valence-corrected chi connectivity index (χ0v) is 13.5. The number of aromatic nitrogens is 1.